The molecule has 1 heterocycles. The summed E-state index contributed by atoms with van der Waals surface area (Å²) in [4.78, 5) is 23.7. The number of ether oxygens (including phenoxy) is 2. The maximum atomic E-state index is 12.3. The van der Waals surface area contributed by atoms with Crippen LogP contribution in [0.1, 0.15) is 36.4 Å². The molecule has 174 valence electrons. The minimum atomic E-state index is -4.43. The van der Waals surface area contributed by atoms with Crippen molar-refractivity contribution in [2.75, 3.05) is 18.9 Å². The molecule has 1 aliphatic carbocycles. The van der Waals surface area contributed by atoms with Crippen LogP contribution < -0.4 is 10.7 Å². The van der Waals surface area contributed by atoms with E-state index in [1.54, 1.807) is 6.07 Å². The van der Waals surface area contributed by atoms with Gasteiger partial charge in [-0.15, -0.1) is 0 Å². The van der Waals surface area contributed by atoms with Gasteiger partial charge in [-0.3, -0.25) is 15.8 Å². The molecule has 12 heteroatoms. The second-order valence-corrected chi connectivity index (χ2v) is 7.52. The Morgan fingerprint density at radius 3 is 2.69 bits per heavy atom. The maximum Gasteiger partial charge on any atom is 0.422 e. The van der Waals surface area contributed by atoms with E-state index >= 15 is 0 Å². The minimum Gasteiger partial charge on any atom is -0.445 e. The Bertz CT molecular complexity index is 906. The van der Waals surface area contributed by atoms with Gasteiger partial charge in [0.15, 0.2) is 5.82 Å². The van der Waals surface area contributed by atoms with E-state index in [1.165, 1.54) is 0 Å². The van der Waals surface area contributed by atoms with Gasteiger partial charge >= 0.3 is 18.4 Å². The SMILES string of the molecule is CN(CC(F)(F)F)NC(=O)O[C@@H]1CC[C@H](c2cc(NC(=O)OCc3ccccc3)n[nH]2)C1. The van der Waals surface area contributed by atoms with E-state index in [0.29, 0.717) is 30.1 Å². The van der Waals surface area contributed by atoms with Crippen LogP contribution in [-0.2, 0) is 16.1 Å². The number of benzene rings is 1. The van der Waals surface area contributed by atoms with E-state index in [4.69, 9.17) is 9.47 Å². The summed E-state index contributed by atoms with van der Waals surface area (Å²) >= 11 is 0. The van der Waals surface area contributed by atoms with Crippen molar-refractivity contribution in [2.24, 2.45) is 0 Å². The van der Waals surface area contributed by atoms with Gasteiger partial charge in [0.25, 0.3) is 0 Å². The number of anilines is 1. The second-order valence-electron chi connectivity index (χ2n) is 7.52. The molecule has 0 spiro atoms. The first-order valence-electron chi connectivity index (χ1n) is 9.96. The normalized spacial score (nSPS) is 18.4. The zero-order valence-electron chi connectivity index (χ0n) is 17.3. The third kappa shape index (κ3) is 7.45. The summed E-state index contributed by atoms with van der Waals surface area (Å²) < 4.78 is 47.3. The third-order valence-electron chi connectivity index (χ3n) is 4.84. The summed E-state index contributed by atoms with van der Waals surface area (Å²) in [7, 11) is 1.11. The molecule has 0 bridgehead atoms. The number of aromatic nitrogens is 2. The predicted octanol–water partition coefficient (Wildman–Crippen LogP) is 3.93. The van der Waals surface area contributed by atoms with Crippen molar-refractivity contribution >= 4 is 18.0 Å². The van der Waals surface area contributed by atoms with E-state index in [0.717, 1.165) is 18.3 Å². The highest BCUT2D eigenvalue weighted by molar-refractivity contribution is 5.83. The van der Waals surface area contributed by atoms with Gasteiger partial charge in [0.2, 0.25) is 0 Å². The van der Waals surface area contributed by atoms with Gasteiger partial charge in [-0.05, 0) is 24.8 Å². The summed E-state index contributed by atoms with van der Waals surface area (Å²) in [5.74, 6) is 0.304. The fourth-order valence-corrected chi connectivity index (χ4v) is 3.45. The highest BCUT2D eigenvalue weighted by atomic mass is 19.4. The van der Waals surface area contributed by atoms with Crippen LogP contribution in [-0.4, -0.2) is 53.3 Å². The Morgan fingerprint density at radius 1 is 1.22 bits per heavy atom. The number of carbonyl (C=O) groups is 2. The van der Waals surface area contributed by atoms with Gasteiger partial charge in [0.1, 0.15) is 19.3 Å². The van der Waals surface area contributed by atoms with Gasteiger partial charge in [-0.2, -0.15) is 18.3 Å². The Labute approximate surface area is 182 Å². The first kappa shape index (κ1) is 23.4. The molecule has 1 saturated carbocycles. The van der Waals surface area contributed by atoms with Crippen LogP contribution in [0, 0.1) is 0 Å². The molecule has 1 fully saturated rings. The van der Waals surface area contributed by atoms with Crippen LogP contribution in [0.3, 0.4) is 0 Å². The number of amides is 2. The van der Waals surface area contributed by atoms with Crippen molar-refractivity contribution in [3.05, 3.63) is 47.7 Å². The monoisotopic (exact) mass is 455 g/mol. The van der Waals surface area contributed by atoms with E-state index in [1.807, 2.05) is 35.8 Å². The third-order valence-corrected chi connectivity index (χ3v) is 4.84. The first-order valence-corrected chi connectivity index (χ1v) is 9.96. The zero-order chi connectivity index (χ0) is 23.1. The molecule has 1 aliphatic rings. The molecule has 2 atom stereocenters. The van der Waals surface area contributed by atoms with E-state index < -0.39 is 31.0 Å². The zero-order valence-corrected chi connectivity index (χ0v) is 17.3. The number of hydrogen-bond donors (Lipinski definition) is 3. The number of hydrogen-bond acceptors (Lipinski definition) is 6. The van der Waals surface area contributed by atoms with Crippen molar-refractivity contribution < 1.29 is 32.2 Å². The molecule has 9 nitrogen and oxygen atoms in total. The lowest BCUT2D eigenvalue weighted by molar-refractivity contribution is -0.147. The molecule has 32 heavy (non-hydrogen) atoms. The van der Waals surface area contributed by atoms with Gasteiger partial charge in [0.05, 0.1) is 0 Å². The quantitative estimate of drug-likeness (QED) is 0.546. The molecule has 0 radical (unpaired) electrons. The minimum absolute atomic E-state index is 0.00379. The van der Waals surface area contributed by atoms with Gasteiger partial charge in [-0.1, -0.05) is 30.3 Å². The first-order chi connectivity index (χ1) is 15.2. The molecule has 0 aliphatic heterocycles. The summed E-state index contributed by atoms with van der Waals surface area (Å²) in [5, 5.41) is 10.1. The van der Waals surface area contributed by atoms with Crippen LogP contribution in [0.25, 0.3) is 0 Å². The number of alkyl halides is 3. The number of rotatable bonds is 7. The van der Waals surface area contributed by atoms with Crippen molar-refractivity contribution in [3.8, 4) is 0 Å². The summed E-state index contributed by atoms with van der Waals surface area (Å²) in [6, 6.07) is 10.9. The van der Waals surface area contributed by atoms with Crippen molar-refractivity contribution in [3.63, 3.8) is 0 Å². The van der Waals surface area contributed by atoms with E-state index in [2.05, 4.69) is 15.5 Å². The Kier molecular flexibility index (Phi) is 7.57. The fourth-order valence-electron chi connectivity index (χ4n) is 3.45. The summed E-state index contributed by atoms with van der Waals surface area (Å²) in [5.41, 5.74) is 3.65. The average molecular weight is 455 g/mol. The predicted molar refractivity (Wildman–Crippen MR) is 108 cm³/mol. The highest BCUT2D eigenvalue weighted by Crippen LogP contribution is 2.35. The number of nitrogens with zero attached hydrogens (tertiary/aromatic N) is 2. The molecule has 1 aromatic heterocycles. The topological polar surface area (TPSA) is 109 Å². The molecule has 0 unspecified atom stereocenters. The van der Waals surface area contributed by atoms with Crippen LogP contribution in [0.4, 0.5) is 28.6 Å². The summed E-state index contributed by atoms with van der Waals surface area (Å²) in [6.07, 6.45) is -4.71. The van der Waals surface area contributed by atoms with Gasteiger partial charge in [-0.25, -0.2) is 14.6 Å². The lowest BCUT2D eigenvalue weighted by Crippen LogP contribution is -2.45. The average Bonchev–Trinajstić information content (AvgIpc) is 3.35. The fraction of sp³-hybridized carbons (Fsp3) is 0.450. The van der Waals surface area contributed by atoms with Crippen LogP contribution in [0.15, 0.2) is 36.4 Å². The Balaban J connectivity index is 1.41. The van der Waals surface area contributed by atoms with E-state index in [-0.39, 0.29) is 12.5 Å². The highest BCUT2D eigenvalue weighted by Gasteiger charge is 2.32. The molecule has 2 aromatic rings. The number of aromatic amines is 1. The molecular formula is C20H24F3N5O4. The number of halogens is 3. The van der Waals surface area contributed by atoms with Gasteiger partial charge < -0.3 is 9.47 Å². The van der Waals surface area contributed by atoms with E-state index in [9.17, 15) is 22.8 Å². The number of nitrogens with one attached hydrogen (secondary N) is 3. The summed E-state index contributed by atoms with van der Waals surface area (Å²) in [6.45, 7) is -1.15. The molecule has 3 N–H and O–H groups in total. The van der Waals surface area contributed by atoms with Crippen LogP contribution in [0.5, 0.6) is 0 Å². The lowest BCUT2D eigenvalue weighted by Gasteiger charge is -2.20. The number of H-pyrrole nitrogens is 1. The smallest absolute Gasteiger partial charge is 0.422 e. The Hall–Kier alpha value is -3.28. The molecule has 1 aromatic carbocycles. The molecule has 2 amide bonds. The number of carbonyl (C=O) groups excluding carboxylic acids is 2. The lowest BCUT2D eigenvalue weighted by atomic mass is 10.0. The molecular weight excluding hydrogens is 431 g/mol. The maximum absolute atomic E-state index is 12.3. The van der Waals surface area contributed by atoms with Crippen LogP contribution in [0.2, 0.25) is 0 Å². The van der Waals surface area contributed by atoms with Crippen molar-refractivity contribution in [1.82, 2.24) is 20.6 Å². The standard InChI is InChI=1S/C20H24F3N5O4/c1-28(12-20(21,22)23)27-19(30)32-15-8-7-14(9-15)16-10-17(26-25-16)24-18(29)31-11-13-5-3-2-4-6-13/h2-6,10,14-15H,7-9,11-12H2,1H3,(H,27,30)(H2,24,25,26,29)/t14-,15+/m0/s1. The van der Waals surface area contributed by atoms with Crippen LogP contribution >= 0.6 is 0 Å². The molecule has 3 rings (SSSR count). The Morgan fingerprint density at radius 2 is 1.97 bits per heavy atom. The molecule has 0 saturated heterocycles. The van der Waals surface area contributed by atoms with Crippen molar-refractivity contribution in [2.45, 2.75) is 44.1 Å². The largest absolute Gasteiger partial charge is 0.445 e. The second kappa shape index (κ2) is 10.4. The van der Waals surface area contributed by atoms with Crippen molar-refractivity contribution in [1.29, 1.82) is 0 Å². The van der Waals surface area contributed by atoms with Gasteiger partial charge in [0, 0.05) is 24.7 Å². The number of hydrazine groups is 1.